The molecule has 0 aliphatic heterocycles. The van der Waals surface area contributed by atoms with E-state index >= 15 is 0 Å². The van der Waals surface area contributed by atoms with Crippen molar-refractivity contribution in [2.75, 3.05) is 16.4 Å². The standard InChI is InChI=1S/C26H23Cl2FN4O3S/c1-2-37(35,36)31-23-11-17(21-15-33(10-7-27)25-19(21)5-8-30-26(25)34)12-24-20(23)6-9-32(24)14-16-3-4-18(29)13-22(16)28/h3-6,8-9,11-13,15,31H,2,7,10,14H2,1H3,(H,30,34). The summed E-state index contributed by atoms with van der Waals surface area (Å²) in [5.74, 6) is -0.193. The van der Waals surface area contributed by atoms with Gasteiger partial charge in [-0.2, -0.15) is 0 Å². The third kappa shape index (κ3) is 4.86. The van der Waals surface area contributed by atoms with Crippen molar-refractivity contribution >= 4 is 60.7 Å². The van der Waals surface area contributed by atoms with E-state index in [0.29, 0.717) is 46.1 Å². The highest BCUT2D eigenvalue weighted by molar-refractivity contribution is 7.92. The molecular weight excluding hydrogens is 538 g/mol. The van der Waals surface area contributed by atoms with Crippen molar-refractivity contribution < 1.29 is 12.8 Å². The van der Waals surface area contributed by atoms with Gasteiger partial charge in [0.05, 0.1) is 17.0 Å². The van der Waals surface area contributed by atoms with E-state index in [2.05, 4.69) is 9.71 Å². The predicted octanol–water partition coefficient (Wildman–Crippen LogP) is 5.79. The number of aromatic nitrogens is 3. The highest BCUT2D eigenvalue weighted by atomic mass is 35.5. The molecule has 37 heavy (non-hydrogen) atoms. The van der Waals surface area contributed by atoms with Gasteiger partial charge in [-0.1, -0.05) is 17.7 Å². The predicted molar refractivity (Wildman–Crippen MR) is 148 cm³/mol. The van der Waals surface area contributed by atoms with Crippen LogP contribution in [0.25, 0.3) is 32.9 Å². The zero-order valence-electron chi connectivity index (χ0n) is 19.8. The number of halogens is 3. The van der Waals surface area contributed by atoms with Crippen LogP contribution in [0.1, 0.15) is 12.5 Å². The summed E-state index contributed by atoms with van der Waals surface area (Å²) in [7, 11) is -3.58. The molecule has 0 aliphatic carbocycles. The number of pyridine rings is 1. The third-order valence-corrected chi connectivity index (χ3v) is 8.14. The molecule has 0 radical (unpaired) electrons. The van der Waals surface area contributed by atoms with Crippen molar-refractivity contribution in [1.29, 1.82) is 0 Å². The van der Waals surface area contributed by atoms with Crippen molar-refractivity contribution in [3.05, 3.63) is 87.8 Å². The van der Waals surface area contributed by atoms with E-state index in [1.807, 2.05) is 35.2 Å². The summed E-state index contributed by atoms with van der Waals surface area (Å²) < 4.78 is 45.1. The Bertz CT molecular complexity index is 1810. The molecular formula is C26H23Cl2FN4O3S. The molecule has 0 amide bonds. The minimum Gasteiger partial charge on any atom is -0.343 e. The molecule has 3 heterocycles. The summed E-state index contributed by atoms with van der Waals surface area (Å²) in [5.41, 5.74) is 3.61. The molecule has 7 nitrogen and oxygen atoms in total. The molecule has 0 spiro atoms. The van der Waals surface area contributed by atoms with Crippen LogP contribution in [-0.2, 0) is 23.1 Å². The number of anilines is 1. The van der Waals surface area contributed by atoms with E-state index in [9.17, 15) is 17.6 Å². The van der Waals surface area contributed by atoms with Gasteiger partial charge >= 0.3 is 0 Å². The van der Waals surface area contributed by atoms with Crippen molar-refractivity contribution in [3.63, 3.8) is 0 Å². The van der Waals surface area contributed by atoms with Crippen LogP contribution in [0.2, 0.25) is 5.02 Å². The lowest BCUT2D eigenvalue weighted by atomic mass is 10.0. The first kappa shape index (κ1) is 25.4. The molecule has 0 aliphatic rings. The van der Waals surface area contributed by atoms with Gasteiger partial charge in [0.15, 0.2) is 0 Å². The second kappa shape index (κ2) is 9.89. The maximum atomic E-state index is 13.6. The van der Waals surface area contributed by atoms with Crippen molar-refractivity contribution in [1.82, 2.24) is 14.1 Å². The maximum absolute atomic E-state index is 13.6. The highest BCUT2D eigenvalue weighted by Crippen LogP contribution is 2.36. The number of nitrogens with one attached hydrogen (secondary N) is 2. The quantitative estimate of drug-likeness (QED) is 0.235. The number of sulfonamides is 1. The largest absolute Gasteiger partial charge is 0.343 e. The average Bonchev–Trinajstić information content (AvgIpc) is 3.43. The molecule has 0 fully saturated rings. The van der Waals surface area contributed by atoms with Gasteiger partial charge in [0, 0.05) is 58.9 Å². The number of hydrogen-bond acceptors (Lipinski definition) is 3. The highest BCUT2D eigenvalue weighted by Gasteiger charge is 2.18. The van der Waals surface area contributed by atoms with Crippen LogP contribution < -0.4 is 10.3 Å². The second-order valence-corrected chi connectivity index (χ2v) is 11.4. The molecule has 192 valence electrons. The van der Waals surface area contributed by atoms with Crippen LogP contribution in [0, 0.1) is 5.82 Å². The molecule has 0 saturated carbocycles. The fraction of sp³-hybridized carbons (Fsp3) is 0.192. The number of aryl methyl sites for hydroxylation is 1. The Morgan fingerprint density at radius 2 is 1.89 bits per heavy atom. The van der Waals surface area contributed by atoms with Crippen molar-refractivity contribution in [2.45, 2.75) is 20.0 Å². The molecule has 0 atom stereocenters. The number of aromatic amines is 1. The topological polar surface area (TPSA) is 88.9 Å². The zero-order valence-corrected chi connectivity index (χ0v) is 22.1. The van der Waals surface area contributed by atoms with Gasteiger partial charge in [0.1, 0.15) is 11.3 Å². The van der Waals surface area contributed by atoms with Gasteiger partial charge in [-0.3, -0.25) is 9.52 Å². The molecule has 5 aromatic rings. The Morgan fingerprint density at radius 1 is 1.08 bits per heavy atom. The van der Waals surface area contributed by atoms with Crippen molar-refractivity contribution in [2.24, 2.45) is 0 Å². The number of benzene rings is 2. The average molecular weight is 561 g/mol. The number of nitrogens with zero attached hydrogens (tertiary/aromatic N) is 2. The maximum Gasteiger partial charge on any atom is 0.272 e. The van der Waals surface area contributed by atoms with E-state index in [4.69, 9.17) is 23.2 Å². The van der Waals surface area contributed by atoms with E-state index < -0.39 is 15.8 Å². The van der Waals surface area contributed by atoms with Crippen LogP contribution >= 0.6 is 23.2 Å². The zero-order chi connectivity index (χ0) is 26.3. The molecule has 0 unspecified atom stereocenters. The van der Waals surface area contributed by atoms with Crippen LogP contribution in [0.3, 0.4) is 0 Å². The fourth-order valence-corrected chi connectivity index (χ4v) is 5.56. The summed E-state index contributed by atoms with van der Waals surface area (Å²) in [5, 5.41) is 1.71. The Kier molecular flexibility index (Phi) is 6.78. The molecule has 3 aromatic heterocycles. The smallest absolute Gasteiger partial charge is 0.272 e. The van der Waals surface area contributed by atoms with Gasteiger partial charge in [-0.25, -0.2) is 12.8 Å². The number of alkyl halides is 1. The van der Waals surface area contributed by atoms with Gasteiger partial charge in [0.25, 0.3) is 5.56 Å². The van der Waals surface area contributed by atoms with E-state index in [0.717, 1.165) is 22.0 Å². The molecule has 5 rings (SSSR count). The molecule has 11 heteroatoms. The Morgan fingerprint density at radius 3 is 2.62 bits per heavy atom. The molecule has 0 saturated heterocycles. The van der Waals surface area contributed by atoms with Crippen LogP contribution in [0.4, 0.5) is 10.1 Å². The lowest BCUT2D eigenvalue weighted by Crippen LogP contribution is -2.14. The van der Waals surface area contributed by atoms with E-state index in [1.54, 1.807) is 29.8 Å². The fourth-order valence-electron chi connectivity index (χ4n) is 4.51. The SMILES string of the molecule is CCS(=O)(=O)Nc1cc(-c2cn(CCCl)c3c(=O)[nH]ccc23)cc2c1ccn2Cc1ccc(F)cc1Cl. The minimum absolute atomic E-state index is 0.0883. The third-order valence-electron chi connectivity index (χ3n) is 6.32. The van der Waals surface area contributed by atoms with Gasteiger partial charge < -0.3 is 14.1 Å². The molecule has 2 aromatic carbocycles. The Labute approximate surface area is 222 Å². The number of H-pyrrole nitrogens is 1. The summed E-state index contributed by atoms with van der Waals surface area (Å²) >= 11 is 12.3. The second-order valence-electron chi connectivity index (χ2n) is 8.64. The number of hydrogen-bond donors (Lipinski definition) is 2. The lowest BCUT2D eigenvalue weighted by Gasteiger charge is -2.13. The summed E-state index contributed by atoms with van der Waals surface area (Å²) in [4.78, 5) is 15.3. The molecule has 2 N–H and O–H groups in total. The van der Waals surface area contributed by atoms with E-state index in [-0.39, 0.29) is 11.3 Å². The molecule has 0 bridgehead atoms. The van der Waals surface area contributed by atoms with Gasteiger partial charge in [-0.15, -0.1) is 11.6 Å². The van der Waals surface area contributed by atoms with Gasteiger partial charge in [-0.05, 0) is 54.4 Å². The van der Waals surface area contributed by atoms with E-state index in [1.165, 1.54) is 12.1 Å². The lowest BCUT2D eigenvalue weighted by molar-refractivity contribution is 0.602. The van der Waals surface area contributed by atoms with Crippen molar-refractivity contribution in [3.8, 4) is 11.1 Å². The summed E-state index contributed by atoms with van der Waals surface area (Å²) in [6.07, 6.45) is 5.27. The van der Waals surface area contributed by atoms with Crippen LogP contribution in [0.15, 0.2) is 65.8 Å². The first-order chi connectivity index (χ1) is 17.7. The monoisotopic (exact) mass is 560 g/mol. The normalized spacial score (nSPS) is 12.0. The van der Waals surface area contributed by atoms with Crippen LogP contribution in [-0.4, -0.2) is 34.2 Å². The van der Waals surface area contributed by atoms with Gasteiger partial charge in [0.2, 0.25) is 10.0 Å². The first-order valence-electron chi connectivity index (χ1n) is 11.5. The first-order valence-corrected chi connectivity index (χ1v) is 14.1. The summed E-state index contributed by atoms with van der Waals surface area (Å²) in [6.45, 7) is 2.35. The number of fused-ring (bicyclic) bond motifs is 2. The number of rotatable bonds is 8. The van der Waals surface area contributed by atoms with Crippen LogP contribution in [0.5, 0.6) is 0 Å². The minimum atomic E-state index is -3.58. The summed E-state index contributed by atoms with van der Waals surface area (Å²) in [6, 6.07) is 11.6. The Hall–Kier alpha value is -3.27. The Balaban J connectivity index is 1.74.